The van der Waals surface area contributed by atoms with Crippen LogP contribution in [-0.4, -0.2) is 38.7 Å². The van der Waals surface area contributed by atoms with Gasteiger partial charge in [-0.3, -0.25) is 10.1 Å². The maximum Gasteiger partial charge on any atom is 0.354 e. The highest BCUT2D eigenvalue weighted by atomic mass is 16.6. The fourth-order valence-corrected chi connectivity index (χ4v) is 1.10. The first-order valence-corrected chi connectivity index (χ1v) is 4.71. The van der Waals surface area contributed by atoms with Gasteiger partial charge in [0.25, 0.3) is 0 Å². The van der Waals surface area contributed by atoms with E-state index in [1.165, 1.54) is 0 Å². The molecule has 0 aliphatic heterocycles. The van der Waals surface area contributed by atoms with Gasteiger partial charge in [-0.2, -0.15) is 0 Å². The fourth-order valence-electron chi connectivity index (χ4n) is 1.10. The normalized spacial score (nSPS) is 11.9. The predicted octanol–water partition coefficient (Wildman–Crippen LogP) is 0.481. The Morgan fingerprint density at radius 3 is 2.76 bits per heavy atom. The van der Waals surface area contributed by atoms with Gasteiger partial charge < -0.3 is 15.5 Å². The average Bonchev–Trinajstić information content (AvgIpc) is 2.28. The summed E-state index contributed by atoms with van der Waals surface area (Å²) in [6.07, 6.45) is 0. The van der Waals surface area contributed by atoms with E-state index in [2.05, 4.69) is 10.3 Å². The summed E-state index contributed by atoms with van der Waals surface area (Å²) < 4.78 is 0. The van der Waals surface area contributed by atoms with E-state index in [9.17, 15) is 14.9 Å². The number of nitrogens with one attached hydrogen (secondary N) is 1. The minimum Gasteiger partial charge on any atom is -0.477 e. The number of aromatic carboxylic acids is 1. The van der Waals surface area contributed by atoms with Crippen molar-refractivity contribution in [3.63, 3.8) is 0 Å². The maximum absolute atomic E-state index is 10.7. The predicted molar refractivity (Wildman–Crippen MR) is 58.0 cm³/mol. The minimum atomic E-state index is -1.28. The van der Waals surface area contributed by atoms with Gasteiger partial charge in [0.15, 0.2) is 5.69 Å². The Labute approximate surface area is 96.1 Å². The molecule has 0 spiro atoms. The molecule has 0 bridgehead atoms. The van der Waals surface area contributed by atoms with Crippen molar-refractivity contribution in [1.82, 2.24) is 4.98 Å². The lowest BCUT2D eigenvalue weighted by molar-refractivity contribution is -0.384. The number of nitro groups is 1. The zero-order chi connectivity index (χ0) is 13.0. The van der Waals surface area contributed by atoms with Crippen molar-refractivity contribution in [2.24, 2.45) is 0 Å². The quantitative estimate of drug-likeness (QED) is 0.505. The second-order valence-corrected chi connectivity index (χ2v) is 3.35. The molecule has 1 heterocycles. The molecule has 8 nitrogen and oxygen atoms in total. The second kappa shape index (κ2) is 5.21. The number of pyridine rings is 1. The van der Waals surface area contributed by atoms with Crippen molar-refractivity contribution < 1.29 is 19.9 Å². The zero-order valence-corrected chi connectivity index (χ0v) is 8.95. The number of hydrogen-bond donors (Lipinski definition) is 3. The van der Waals surface area contributed by atoms with E-state index in [-0.39, 0.29) is 23.8 Å². The lowest BCUT2D eigenvalue weighted by atomic mass is 10.3. The molecule has 1 aromatic heterocycles. The van der Waals surface area contributed by atoms with Crippen LogP contribution in [0.3, 0.4) is 0 Å². The first kappa shape index (κ1) is 12.8. The molecule has 0 amide bonds. The number of rotatable bonds is 5. The highest BCUT2D eigenvalue weighted by molar-refractivity contribution is 5.86. The molecule has 8 heteroatoms. The smallest absolute Gasteiger partial charge is 0.354 e. The third-order valence-corrected chi connectivity index (χ3v) is 1.95. The van der Waals surface area contributed by atoms with Crippen LogP contribution in [0, 0.1) is 10.1 Å². The van der Waals surface area contributed by atoms with Crippen molar-refractivity contribution in [1.29, 1.82) is 0 Å². The number of carboxylic acid groups (broad SMARTS) is 1. The number of hydrogen-bond acceptors (Lipinski definition) is 6. The van der Waals surface area contributed by atoms with Crippen LogP contribution in [0.4, 0.5) is 11.5 Å². The van der Waals surface area contributed by atoms with Crippen LogP contribution >= 0.6 is 0 Å². The Balaban J connectivity index is 3.15. The van der Waals surface area contributed by atoms with Crippen LogP contribution in [0.5, 0.6) is 0 Å². The van der Waals surface area contributed by atoms with Gasteiger partial charge in [0.05, 0.1) is 11.5 Å². The first-order valence-electron chi connectivity index (χ1n) is 4.71. The molecular weight excluding hydrogens is 230 g/mol. The minimum absolute atomic E-state index is 0.170. The number of carboxylic acids is 1. The summed E-state index contributed by atoms with van der Waals surface area (Å²) in [6.45, 7) is 1.33. The van der Waals surface area contributed by atoms with E-state index in [0.717, 1.165) is 12.1 Å². The Kier molecular flexibility index (Phi) is 3.94. The Hall–Kier alpha value is -2.22. The molecule has 1 rings (SSSR count). The largest absolute Gasteiger partial charge is 0.477 e. The van der Waals surface area contributed by atoms with Crippen LogP contribution in [0.15, 0.2) is 12.1 Å². The first-order chi connectivity index (χ1) is 7.95. The van der Waals surface area contributed by atoms with E-state index < -0.39 is 16.9 Å². The lowest BCUT2D eigenvalue weighted by Gasteiger charge is -2.11. The summed E-state index contributed by atoms with van der Waals surface area (Å²) >= 11 is 0. The summed E-state index contributed by atoms with van der Waals surface area (Å²) in [7, 11) is 0. The molecular formula is C9H11N3O5. The molecule has 3 N–H and O–H groups in total. The molecule has 92 valence electrons. The molecule has 1 unspecified atom stereocenters. The zero-order valence-electron chi connectivity index (χ0n) is 8.95. The lowest BCUT2D eigenvalue weighted by Crippen LogP contribution is -2.21. The third kappa shape index (κ3) is 3.11. The molecule has 0 aliphatic rings. The van der Waals surface area contributed by atoms with E-state index in [1.54, 1.807) is 6.92 Å². The maximum atomic E-state index is 10.7. The Morgan fingerprint density at radius 2 is 2.29 bits per heavy atom. The van der Waals surface area contributed by atoms with E-state index in [0.29, 0.717) is 0 Å². The van der Waals surface area contributed by atoms with Crippen molar-refractivity contribution in [3.8, 4) is 0 Å². The third-order valence-electron chi connectivity index (χ3n) is 1.95. The summed E-state index contributed by atoms with van der Waals surface area (Å²) in [6, 6.07) is 1.64. The second-order valence-electron chi connectivity index (χ2n) is 3.35. The standard InChI is InChI=1S/C9H11N3O5/c1-5(4-13)10-8-7(12(16)17)3-2-6(11-8)9(14)15/h2-3,5,13H,4H2,1H3,(H,10,11)(H,14,15). The highest BCUT2D eigenvalue weighted by Gasteiger charge is 2.19. The van der Waals surface area contributed by atoms with Crippen LogP contribution in [-0.2, 0) is 0 Å². The van der Waals surface area contributed by atoms with Gasteiger partial charge in [-0.05, 0) is 13.0 Å². The van der Waals surface area contributed by atoms with E-state index in [4.69, 9.17) is 10.2 Å². The molecule has 0 radical (unpaired) electrons. The molecule has 0 saturated carbocycles. The molecule has 0 aliphatic carbocycles. The summed E-state index contributed by atoms with van der Waals surface area (Å²) in [4.78, 5) is 24.3. The monoisotopic (exact) mass is 241 g/mol. The molecule has 0 saturated heterocycles. The number of aliphatic hydroxyl groups is 1. The Morgan fingerprint density at radius 1 is 1.65 bits per heavy atom. The SMILES string of the molecule is CC(CO)Nc1nc(C(=O)O)ccc1[N+](=O)[O-]. The van der Waals surface area contributed by atoms with Gasteiger partial charge in [-0.15, -0.1) is 0 Å². The molecule has 17 heavy (non-hydrogen) atoms. The average molecular weight is 241 g/mol. The number of aliphatic hydroxyl groups excluding tert-OH is 1. The van der Waals surface area contributed by atoms with Crippen LogP contribution in [0.25, 0.3) is 0 Å². The van der Waals surface area contributed by atoms with Gasteiger partial charge in [-0.1, -0.05) is 0 Å². The van der Waals surface area contributed by atoms with Crippen LogP contribution < -0.4 is 5.32 Å². The van der Waals surface area contributed by atoms with Gasteiger partial charge in [0.2, 0.25) is 5.82 Å². The summed E-state index contributed by atoms with van der Waals surface area (Å²) in [5.41, 5.74) is -0.640. The molecule has 1 atom stereocenters. The van der Waals surface area contributed by atoms with Crippen molar-refractivity contribution in [2.45, 2.75) is 13.0 Å². The van der Waals surface area contributed by atoms with Crippen molar-refractivity contribution >= 4 is 17.5 Å². The van der Waals surface area contributed by atoms with Crippen molar-refractivity contribution in [2.75, 3.05) is 11.9 Å². The topological polar surface area (TPSA) is 126 Å². The van der Waals surface area contributed by atoms with Crippen molar-refractivity contribution in [3.05, 3.63) is 27.9 Å². The van der Waals surface area contributed by atoms with E-state index in [1.807, 2.05) is 0 Å². The van der Waals surface area contributed by atoms with Gasteiger partial charge in [0.1, 0.15) is 0 Å². The summed E-state index contributed by atoms with van der Waals surface area (Å²) in [5, 5.41) is 30.8. The van der Waals surface area contributed by atoms with Gasteiger partial charge in [0, 0.05) is 12.1 Å². The van der Waals surface area contributed by atoms with Gasteiger partial charge in [-0.25, -0.2) is 9.78 Å². The molecule has 0 fully saturated rings. The van der Waals surface area contributed by atoms with Gasteiger partial charge >= 0.3 is 11.7 Å². The number of carbonyl (C=O) groups is 1. The number of anilines is 1. The summed E-state index contributed by atoms with van der Waals surface area (Å²) in [5.74, 6) is -1.45. The fraction of sp³-hybridized carbons (Fsp3) is 0.333. The number of aromatic nitrogens is 1. The number of nitrogens with zero attached hydrogens (tertiary/aromatic N) is 2. The Bertz CT molecular complexity index is 448. The van der Waals surface area contributed by atoms with E-state index >= 15 is 0 Å². The highest BCUT2D eigenvalue weighted by Crippen LogP contribution is 2.22. The van der Waals surface area contributed by atoms with Crippen LogP contribution in [0.1, 0.15) is 17.4 Å². The molecule has 0 aromatic carbocycles. The van der Waals surface area contributed by atoms with Crippen LogP contribution in [0.2, 0.25) is 0 Å². The molecule has 1 aromatic rings.